The summed E-state index contributed by atoms with van der Waals surface area (Å²) in [7, 11) is 0. The van der Waals surface area contributed by atoms with Gasteiger partial charge in [-0.3, -0.25) is 0 Å². The predicted molar refractivity (Wildman–Crippen MR) is 85.8 cm³/mol. The molecule has 0 aromatic heterocycles. The first kappa shape index (κ1) is 21.6. The molecule has 0 radical (unpaired) electrons. The third-order valence-corrected chi connectivity index (χ3v) is 4.90. The molecule has 7 N–H and O–H groups in total. The van der Waals surface area contributed by atoms with Gasteiger partial charge in [0.05, 0.1) is 38.1 Å². The van der Waals surface area contributed by atoms with E-state index in [4.69, 9.17) is 14.2 Å². The van der Waals surface area contributed by atoms with Crippen LogP contribution in [0.1, 0.15) is 6.42 Å². The van der Waals surface area contributed by atoms with Crippen molar-refractivity contribution < 1.29 is 50.0 Å². The molecule has 152 valence electrons. The maximum Gasteiger partial charge on any atom is 0.187 e. The van der Waals surface area contributed by atoms with E-state index in [1.54, 1.807) is 0 Å². The summed E-state index contributed by atoms with van der Waals surface area (Å²) in [5, 5.41) is 69.1. The highest BCUT2D eigenvalue weighted by molar-refractivity contribution is 4.97. The van der Waals surface area contributed by atoms with Gasteiger partial charge in [0.15, 0.2) is 6.29 Å². The first-order chi connectivity index (χ1) is 12.4. The van der Waals surface area contributed by atoms with Crippen LogP contribution in [0.15, 0.2) is 12.7 Å². The Morgan fingerprint density at radius 3 is 1.92 bits per heavy atom. The maximum atomic E-state index is 10.4. The van der Waals surface area contributed by atoms with E-state index in [-0.39, 0.29) is 6.42 Å². The van der Waals surface area contributed by atoms with Crippen molar-refractivity contribution in [1.29, 1.82) is 0 Å². The fourth-order valence-corrected chi connectivity index (χ4v) is 3.34. The number of hydrogen-bond donors (Lipinski definition) is 7. The highest BCUT2D eigenvalue weighted by atomic mass is 16.7. The van der Waals surface area contributed by atoms with E-state index in [9.17, 15) is 35.7 Å². The molecule has 2 rings (SSSR count). The van der Waals surface area contributed by atoms with Crippen molar-refractivity contribution in [3.05, 3.63) is 12.7 Å². The molecule has 0 aromatic rings. The van der Waals surface area contributed by atoms with Crippen LogP contribution in [-0.4, -0.2) is 111 Å². The van der Waals surface area contributed by atoms with Crippen LogP contribution >= 0.6 is 0 Å². The number of rotatable bonds is 7. The smallest absolute Gasteiger partial charge is 0.187 e. The van der Waals surface area contributed by atoms with E-state index in [0.29, 0.717) is 0 Å². The van der Waals surface area contributed by atoms with Crippen LogP contribution < -0.4 is 0 Å². The highest BCUT2D eigenvalue weighted by Crippen LogP contribution is 2.31. The maximum absolute atomic E-state index is 10.4. The minimum atomic E-state index is -1.58. The van der Waals surface area contributed by atoms with Crippen LogP contribution in [0.25, 0.3) is 0 Å². The zero-order valence-electron chi connectivity index (χ0n) is 14.2. The molecule has 2 heterocycles. The normalized spacial score (nSPS) is 46.9. The third-order valence-electron chi connectivity index (χ3n) is 4.90. The summed E-state index contributed by atoms with van der Waals surface area (Å²) in [6.07, 6.45) is -9.63. The molecule has 0 aliphatic carbocycles. The van der Waals surface area contributed by atoms with Crippen LogP contribution in [0.3, 0.4) is 0 Å². The zero-order valence-corrected chi connectivity index (χ0v) is 14.2. The van der Waals surface area contributed by atoms with Crippen molar-refractivity contribution in [2.75, 3.05) is 19.8 Å². The predicted octanol–water partition coefficient (Wildman–Crippen LogP) is -3.52. The van der Waals surface area contributed by atoms with E-state index >= 15 is 0 Å². The molecule has 10 nitrogen and oxygen atoms in total. The van der Waals surface area contributed by atoms with Crippen molar-refractivity contribution >= 4 is 0 Å². The van der Waals surface area contributed by atoms with Crippen molar-refractivity contribution in [1.82, 2.24) is 0 Å². The Morgan fingerprint density at radius 1 is 0.769 bits per heavy atom. The van der Waals surface area contributed by atoms with Gasteiger partial charge in [-0.15, -0.1) is 6.58 Å². The molecule has 2 aliphatic heterocycles. The standard InChI is InChI=1S/C16H28O10/c1-2-3-8-12(21)15(13(22)10(6-19)24-8)26-16-14(23)11(20)7(4-17)9(5-18)25-16/h2,7-23H,1,3-6H2. The summed E-state index contributed by atoms with van der Waals surface area (Å²) >= 11 is 0. The van der Waals surface area contributed by atoms with Gasteiger partial charge in [0.2, 0.25) is 0 Å². The van der Waals surface area contributed by atoms with Gasteiger partial charge in [-0.05, 0) is 6.42 Å². The quantitative estimate of drug-likeness (QED) is 0.220. The Morgan fingerprint density at radius 2 is 1.38 bits per heavy atom. The lowest BCUT2D eigenvalue weighted by Gasteiger charge is -2.46. The minimum Gasteiger partial charge on any atom is -0.396 e. The van der Waals surface area contributed by atoms with E-state index in [1.807, 2.05) is 0 Å². The van der Waals surface area contributed by atoms with E-state index < -0.39 is 80.9 Å². The Balaban J connectivity index is 2.16. The van der Waals surface area contributed by atoms with Gasteiger partial charge in [0, 0.05) is 5.92 Å². The van der Waals surface area contributed by atoms with Gasteiger partial charge in [0.25, 0.3) is 0 Å². The van der Waals surface area contributed by atoms with Crippen molar-refractivity contribution in [2.24, 2.45) is 5.92 Å². The average molecular weight is 380 g/mol. The van der Waals surface area contributed by atoms with Crippen LogP contribution in [0.4, 0.5) is 0 Å². The van der Waals surface area contributed by atoms with Crippen molar-refractivity contribution in [3.63, 3.8) is 0 Å². The second kappa shape index (κ2) is 9.51. The second-order valence-electron chi connectivity index (χ2n) is 6.55. The topological polar surface area (TPSA) is 169 Å². The van der Waals surface area contributed by atoms with Gasteiger partial charge in [-0.25, -0.2) is 0 Å². The molecule has 10 atom stereocenters. The fourth-order valence-electron chi connectivity index (χ4n) is 3.34. The third kappa shape index (κ3) is 4.25. The number of hydrogen-bond acceptors (Lipinski definition) is 10. The van der Waals surface area contributed by atoms with Crippen LogP contribution in [0, 0.1) is 5.92 Å². The molecule has 10 heteroatoms. The van der Waals surface area contributed by atoms with E-state index in [1.165, 1.54) is 6.08 Å². The second-order valence-corrected chi connectivity index (χ2v) is 6.55. The molecule has 26 heavy (non-hydrogen) atoms. The van der Waals surface area contributed by atoms with Crippen LogP contribution in [-0.2, 0) is 14.2 Å². The van der Waals surface area contributed by atoms with Gasteiger partial charge >= 0.3 is 0 Å². The Kier molecular flexibility index (Phi) is 7.91. The van der Waals surface area contributed by atoms with Crippen molar-refractivity contribution in [2.45, 2.75) is 61.5 Å². The molecule has 0 spiro atoms. The van der Waals surface area contributed by atoms with E-state index in [0.717, 1.165) is 0 Å². The summed E-state index contributed by atoms with van der Waals surface area (Å²) in [4.78, 5) is 0. The summed E-state index contributed by atoms with van der Waals surface area (Å²) in [6, 6.07) is 0. The first-order valence-electron chi connectivity index (χ1n) is 8.51. The lowest BCUT2D eigenvalue weighted by Crippen LogP contribution is -2.63. The Hall–Kier alpha value is -0.660. The number of aliphatic hydroxyl groups excluding tert-OH is 7. The first-order valence-corrected chi connectivity index (χ1v) is 8.51. The molecule has 0 saturated carbocycles. The molecule has 0 aromatic carbocycles. The zero-order chi connectivity index (χ0) is 19.4. The van der Waals surface area contributed by atoms with Crippen LogP contribution in [0.5, 0.6) is 0 Å². The van der Waals surface area contributed by atoms with Gasteiger partial charge in [-0.1, -0.05) is 6.08 Å². The van der Waals surface area contributed by atoms with Crippen LogP contribution in [0.2, 0.25) is 0 Å². The SMILES string of the molecule is C=CCC1OC(CO)C(O)C(OC2OC(CO)C(CO)C(O)C2O)C1O. The highest BCUT2D eigenvalue weighted by Gasteiger charge is 2.50. The monoisotopic (exact) mass is 380 g/mol. The largest absolute Gasteiger partial charge is 0.396 e. The molecule has 2 saturated heterocycles. The Bertz CT molecular complexity index is 447. The molecular weight excluding hydrogens is 352 g/mol. The fraction of sp³-hybridized carbons (Fsp3) is 0.875. The average Bonchev–Trinajstić information content (AvgIpc) is 2.64. The summed E-state index contributed by atoms with van der Waals surface area (Å²) < 4.78 is 16.3. The van der Waals surface area contributed by atoms with E-state index in [2.05, 4.69) is 6.58 Å². The summed E-state index contributed by atoms with van der Waals surface area (Å²) in [6.45, 7) is 1.97. The molecule has 10 unspecified atom stereocenters. The number of ether oxygens (including phenoxy) is 3. The minimum absolute atomic E-state index is 0.229. The number of aliphatic hydroxyl groups is 7. The summed E-state index contributed by atoms with van der Waals surface area (Å²) in [5.74, 6) is -0.918. The van der Waals surface area contributed by atoms with Gasteiger partial charge in [0.1, 0.15) is 30.5 Å². The molecule has 2 fully saturated rings. The lowest BCUT2D eigenvalue weighted by molar-refractivity contribution is -0.337. The van der Waals surface area contributed by atoms with Gasteiger partial charge < -0.3 is 50.0 Å². The lowest BCUT2D eigenvalue weighted by atomic mass is 9.89. The molecule has 0 bridgehead atoms. The molecule has 2 aliphatic rings. The molecule has 0 amide bonds. The Labute approximate surface area is 150 Å². The van der Waals surface area contributed by atoms with Gasteiger partial charge in [-0.2, -0.15) is 0 Å². The summed E-state index contributed by atoms with van der Waals surface area (Å²) in [5.41, 5.74) is 0. The van der Waals surface area contributed by atoms with Crippen molar-refractivity contribution in [3.8, 4) is 0 Å². The molecular formula is C16H28O10.